The van der Waals surface area contributed by atoms with Crippen molar-refractivity contribution in [2.75, 3.05) is 7.05 Å². The second kappa shape index (κ2) is 6.11. The third-order valence-corrected chi connectivity index (χ3v) is 4.15. The van der Waals surface area contributed by atoms with E-state index in [1.807, 2.05) is 30.6 Å². The van der Waals surface area contributed by atoms with Crippen molar-refractivity contribution in [3.05, 3.63) is 47.7 Å². The fourth-order valence-corrected chi connectivity index (χ4v) is 2.60. The van der Waals surface area contributed by atoms with Gasteiger partial charge < -0.3 is 4.52 Å². The molecule has 3 aromatic rings. The van der Waals surface area contributed by atoms with Crippen LogP contribution in [-0.4, -0.2) is 32.1 Å². The lowest BCUT2D eigenvalue weighted by Gasteiger charge is -2.22. The van der Waals surface area contributed by atoms with Crippen LogP contribution in [-0.2, 0) is 6.54 Å². The van der Waals surface area contributed by atoms with Crippen LogP contribution < -0.4 is 0 Å². The molecule has 0 N–H and O–H groups in total. The summed E-state index contributed by atoms with van der Waals surface area (Å²) in [7, 11) is 2.00. The first-order valence-corrected chi connectivity index (χ1v) is 7.44. The molecule has 0 aliphatic carbocycles. The van der Waals surface area contributed by atoms with E-state index >= 15 is 0 Å². The van der Waals surface area contributed by atoms with Gasteiger partial charge in [0.1, 0.15) is 6.33 Å². The molecule has 1 atom stereocenters. The van der Waals surface area contributed by atoms with Gasteiger partial charge in [0, 0.05) is 12.2 Å². The van der Waals surface area contributed by atoms with Crippen molar-refractivity contribution < 1.29 is 4.52 Å². The average molecular weight is 301 g/mol. The summed E-state index contributed by atoms with van der Waals surface area (Å²) in [4.78, 5) is 15.7. The van der Waals surface area contributed by atoms with Gasteiger partial charge in [0.05, 0.1) is 17.1 Å². The quantitative estimate of drug-likeness (QED) is 0.722. The van der Waals surface area contributed by atoms with Crippen molar-refractivity contribution in [3.63, 3.8) is 0 Å². The van der Waals surface area contributed by atoms with E-state index in [1.165, 1.54) is 0 Å². The first kappa shape index (κ1) is 13.8. The summed E-state index contributed by atoms with van der Waals surface area (Å²) in [6.07, 6.45) is 3.30. The van der Waals surface area contributed by atoms with Gasteiger partial charge >= 0.3 is 0 Å². The minimum Gasteiger partial charge on any atom is -0.338 e. The highest BCUT2D eigenvalue weighted by Crippen LogP contribution is 2.23. The summed E-state index contributed by atoms with van der Waals surface area (Å²) in [6, 6.07) is 6.00. The zero-order valence-electron chi connectivity index (χ0n) is 11.8. The third-order valence-electron chi connectivity index (χ3n) is 3.29. The summed E-state index contributed by atoms with van der Waals surface area (Å²) in [5.41, 5.74) is 0.963. The Bertz CT molecular complexity index is 682. The molecule has 3 heterocycles. The van der Waals surface area contributed by atoms with E-state index in [1.54, 1.807) is 23.9 Å². The van der Waals surface area contributed by atoms with Gasteiger partial charge in [-0.2, -0.15) is 4.98 Å². The molecule has 3 aromatic heterocycles. The zero-order chi connectivity index (χ0) is 14.7. The molecule has 3 rings (SSSR count). The summed E-state index contributed by atoms with van der Waals surface area (Å²) < 4.78 is 5.32. The van der Waals surface area contributed by atoms with Gasteiger partial charge in [-0.1, -0.05) is 11.2 Å². The Labute approximate surface area is 126 Å². The molecule has 21 heavy (non-hydrogen) atoms. The monoisotopic (exact) mass is 301 g/mol. The number of hydrogen-bond donors (Lipinski definition) is 0. The molecule has 0 aromatic carbocycles. The third kappa shape index (κ3) is 3.14. The van der Waals surface area contributed by atoms with Crippen molar-refractivity contribution in [1.82, 2.24) is 25.0 Å². The van der Waals surface area contributed by atoms with Gasteiger partial charge in [0.2, 0.25) is 11.7 Å². The standard InChI is InChI=1S/C14H15N5OS/c1-10(11-5-6-15-9-16-11)19(2)8-13-17-14(18-20-13)12-4-3-7-21-12/h3-7,9-10H,8H2,1-2H3. The number of aromatic nitrogens is 4. The van der Waals surface area contributed by atoms with Gasteiger partial charge in [-0.25, -0.2) is 9.97 Å². The lowest BCUT2D eigenvalue weighted by Crippen LogP contribution is -2.22. The average Bonchev–Trinajstić information content (AvgIpc) is 3.18. The molecule has 0 radical (unpaired) electrons. The van der Waals surface area contributed by atoms with Crippen LogP contribution in [0.2, 0.25) is 0 Å². The van der Waals surface area contributed by atoms with Crippen molar-refractivity contribution >= 4 is 11.3 Å². The second-order valence-corrected chi connectivity index (χ2v) is 5.66. The van der Waals surface area contributed by atoms with Crippen molar-refractivity contribution in [1.29, 1.82) is 0 Å². The van der Waals surface area contributed by atoms with E-state index in [0.29, 0.717) is 18.3 Å². The lowest BCUT2D eigenvalue weighted by atomic mass is 10.2. The second-order valence-electron chi connectivity index (χ2n) is 4.71. The van der Waals surface area contributed by atoms with Crippen LogP contribution in [0.5, 0.6) is 0 Å². The fraction of sp³-hybridized carbons (Fsp3) is 0.286. The molecule has 108 valence electrons. The van der Waals surface area contributed by atoms with Gasteiger partial charge in [0.15, 0.2) is 0 Å². The molecule has 7 heteroatoms. The molecule has 0 aliphatic heterocycles. The predicted molar refractivity (Wildman–Crippen MR) is 79.5 cm³/mol. The lowest BCUT2D eigenvalue weighted by molar-refractivity contribution is 0.213. The summed E-state index contributed by atoms with van der Waals surface area (Å²) in [5.74, 6) is 1.24. The highest BCUT2D eigenvalue weighted by Gasteiger charge is 2.17. The van der Waals surface area contributed by atoms with Crippen LogP contribution in [0, 0.1) is 0 Å². The number of thiophene rings is 1. The van der Waals surface area contributed by atoms with Gasteiger partial charge in [-0.3, -0.25) is 4.90 Å². The number of nitrogens with zero attached hydrogens (tertiary/aromatic N) is 5. The predicted octanol–water partition coefficient (Wildman–Crippen LogP) is 2.78. The van der Waals surface area contributed by atoms with E-state index in [0.717, 1.165) is 10.6 Å². The maximum atomic E-state index is 5.32. The topological polar surface area (TPSA) is 67.9 Å². The fourth-order valence-electron chi connectivity index (χ4n) is 1.95. The van der Waals surface area contributed by atoms with Crippen molar-refractivity contribution in [2.24, 2.45) is 0 Å². The van der Waals surface area contributed by atoms with Crippen LogP contribution in [0.4, 0.5) is 0 Å². The van der Waals surface area contributed by atoms with Crippen LogP contribution in [0.1, 0.15) is 24.6 Å². The Morgan fingerprint density at radius 1 is 1.38 bits per heavy atom. The van der Waals surface area contributed by atoms with Crippen molar-refractivity contribution in [3.8, 4) is 10.7 Å². The smallest absolute Gasteiger partial charge is 0.241 e. The molecule has 0 amide bonds. The first-order valence-electron chi connectivity index (χ1n) is 6.56. The van der Waals surface area contributed by atoms with Crippen LogP contribution in [0.3, 0.4) is 0 Å². The number of hydrogen-bond acceptors (Lipinski definition) is 7. The molecule has 0 saturated carbocycles. The molecule has 0 fully saturated rings. The number of rotatable bonds is 5. The van der Waals surface area contributed by atoms with Crippen LogP contribution >= 0.6 is 11.3 Å². The Kier molecular flexibility index (Phi) is 4.03. The maximum absolute atomic E-state index is 5.32. The van der Waals surface area contributed by atoms with Crippen molar-refractivity contribution in [2.45, 2.75) is 19.5 Å². The molecule has 1 unspecified atom stereocenters. The normalized spacial score (nSPS) is 12.7. The molecule has 0 bridgehead atoms. The maximum Gasteiger partial charge on any atom is 0.241 e. The highest BCUT2D eigenvalue weighted by atomic mass is 32.1. The summed E-state index contributed by atoms with van der Waals surface area (Å²) >= 11 is 1.60. The van der Waals surface area contributed by atoms with E-state index < -0.39 is 0 Å². The van der Waals surface area contributed by atoms with E-state index in [4.69, 9.17) is 4.52 Å². The highest BCUT2D eigenvalue weighted by molar-refractivity contribution is 7.13. The minimum atomic E-state index is 0.144. The molecular formula is C14H15N5OS. The Balaban J connectivity index is 1.69. The minimum absolute atomic E-state index is 0.144. The van der Waals surface area contributed by atoms with Gasteiger partial charge in [-0.15, -0.1) is 11.3 Å². The van der Waals surface area contributed by atoms with E-state index in [2.05, 4.69) is 31.9 Å². The Morgan fingerprint density at radius 3 is 3.00 bits per heavy atom. The SMILES string of the molecule is CC(c1ccncn1)N(C)Cc1nc(-c2cccs2)no1. The Morgan fingerprint density at radius 2 is 2.29 bits per heavy atom. The molecule has 6 nitrogen and oxygen atoms in total. The first-order chi connectivity index (χ1) is 10.2. The zero-order valence-corrected chi connectivity index (χ0v) is 12.6. The molecular weight excluding hydrogens is 286 g/mol. The van der Waals surface area contributed by atoms with E-state index in [-0.39, 0.29) is 6.04 Å². The van der Waals surface area contributed by atoms with Gasteiger partial charge in [-0.05, 0) is 31.5 Å². The van der Waals surface area contributed by atoms with Crippen LogP contribution in [0.25, 0.3) is 10.7 Å². The molecule has 0 aliphatic rings. The molecule has 0 saturated heterocycles. The summed E-state index contributed by atoms with van der Waals surface area (Å²) in [5, 5.41) is 6.01. The van der Waals surface area contributed by atoms with E-state index in [9.17, 15) is 0 Å². The van der Waals surface area contributed by atoms with Crippen LogP contribution in [0.15, 0.2) is 40.6 Å². The van der Waals surface area contributed by atoms with Gasteiger partial charge in [0.25, 0.3) is 0 Å². The Hall–Kier alpha value is -2.12. The summed E-state index contributed by atoms with van der Waals surface area (Å²) in [6.45, 7) is 2.66. The largest absolute Gasteiger partial charge is 0.338 e. The molecule has 0 spiro atoms.